The van der Waals surface area contributed by atoms with Gasteiger partial charge in [-0.1, -0.05) is 6.92 Å². The molecule has 1 N–H and O–H groups in total. The molecule has 2 heterocycles. The van der Waals surface area contributed by atoms with E-state index in [1.165, 1.54) is 4.88 Å². The number of aryl methyl sites for hydroxylation is 3. The van der Waals surface area contributed by atoms with E-state index in [4.69, 9.17) is 0 Å². The van der Waals surface area contributed by atoms with Crippen LogP contribution in [-0.4, -0.2) is 20.9 Å². The fourth-order valence-electron chi connectivity index (χ4n) is 2.58. The number of nitrogens with zero attached hydrogens (tertiary/aromatic N) is 3. The van der Waals surface area contributed by atoms with E-state index in [-0.39, 0.29) is 11.9 Å². The second-order valence-electron chi connectivity index (χ2n) is 5.20. The first kappa shape index (κ1) is 14.1. The summed E-state index contributed by atoms with van der Waals surface area (Å²) < 4.78 is 0. The molecule has 1 aliphatic rings. The second kappa shape index (κ2) is 5.89. The monoisotopic (exact) mass is 302 g/mol. The minimum absolute atomic E-state index is 0.0112. The van der Waals surface area contributed by atoms with E-state index in [2.05, 4.69) is 20.3 Å². The average molecular weight is 302 g/mol. The molecule has 0 fully saturated rings. The summed E-state index contributed by atoms with van der Waals surface area (Å²) >= 11 is 1.73. The van der Waals surface area contributed by atoms with Gasteiger partial charge in [0.15, 0.2) is 0 Å². The molecule has 0 bridgehead atoms. The lowest BCUT2D eigenvalue weighted by atomic mass is 9.97. The Labute approximate surface area is 127 Å². The van der Waals surface area contributed by atoms with Gasteiger partial charge < -0.3 is 5.32 Å². The molecule has 0 aliphatic heterocycles. The van der Waals surface area contributed by atoms with Crippen LogP contribution in [0, 0.1) is 6.92 Å². The molecular weight excluding hydrogens is 284 g/mol. The Bertz CT molecular complexity index is 650. The van der Waals surface area contributed by atoms with Crippen molar-refractivity contribution in [3.8, 4) is 0 Å². The third-order valence-corrected chi connectivity index (χ3v) is 4.70. The van der Waals surface area contributed by atoms with Gasteiger partial charge in [-0.05, 0) is 26.2 Å². The Balaban J connectivity index is 1.75. The third kappa shape index (κ3) is 2.95. The number of carbonyl (C=O) groups is 1. The number of hydrogen-bond donors (Lipinski definition) is 1. The van der Waals surface area contributed by atoms with Crippen molar-refractivity contribution in [2.75, 3.05) is 0 Å². The van der Waals surface area contributed by atoms with E-state index in [0.717, 1.165) is 42.2 Å². The van der Waals surface area contributed by atoms with E-state index >= 15 is 0 Å². The van der Waals surface area contributed by atoms with Gasteiger partial charge in [0.2, 0.25) is 0 Å². The van der Waals surface area contributed by atoms with Crippen LogP contribution in [0.3, 0.4) is 0 Å². The Morgan fingerprint density at radius 3 is 2.90 bits per heavy atom. The quantitative estimate of drug-likeness (QED) is 0.946. The van der Waals surface area contributed by atoms with E-state index < -0.39 is 0 Å². The van der Waals surface area contributed by atoms with Gasteiger partial charge in [-0.15, -0.1) is 11.3 Å². The highest BCUT2D eigenvalue weighted by molar-refractivity contribution is 7.11. The number of thiazole rings is 1. The Morgan fingerprint density at radius 2 is 2.19 bits per heavy atom. The zero-order valence-corrected chi connectivity index (χ0v) is 13.0. The molecule has 0 spiro atoms. The Kier molecular flexibility index (Phi) is 3.96. The van der Waals surface area contributed by atoms with Crippen LogP contribution >= 0.6 is 11.3 Å². The molecule has 0 saturated heterocycles. The molecule has 1 unspecified atom stereocenters. The Morgan fingerprint density at radius 1 is 1.43 bits per heavy atom. The van der Waals surface area contributed by atoms with Crippen LogP contribution < -0.4 is 5.32 Å². The lowest BCUT2D eigenvalue weighted by molar-refractivity contribution is 0.0931. The smallest absolute Gasteiger partial charge is 0.254 e. The zero-order valence-electron chi connectivity index (χ0n) is 12.2. The molecule has 1 aliphatic carbocycles. The van der Waals surface area contributed by atoms with Crippen LogP contribution in [0.4, 0.5) is 0 Å². The molecule has 5 nitrogen and oxygen atoms in total. The number of hydrogen-bond acceptors (Lipinski definition) is 5. The fraction of sp³-hybridized carbons (Fsp3) is 0.467. The molecule has 21 heavy (non-hydrogen) atoms. The van der Waals surface area contributed by atoms with Crippen LogP contribution in [0.1, 0.15) is 57.6 Å². The fourth-order valence-corrected chi connectivity index (χ4v) is 3.62. The van der Waals surface area contributed by atoms with Crippen molar-refractivity contribution >= 4 is 17.2 Å². The maximum absolute atomic E-state index is 12.3. The van der Waals surface area contributed by atoms with Crippen molar-refractivity contribution in [2.45, 2.75) is 45.6 Å². The molecule has 3 rings (SSSR count). The SMILES string of the molecule is CCc1ncc(C(=O)NC2CCCc3sc(C)nc32)cn1. The van der Waals surface area contributed by atoms with Crippen molar-refractivity contribution in [3.05, 3.63) is 39.4 Å². The molecule has 0 radical (unpaired) electrons. The van der Waals surface area contributed by atoms with E-state index in [0.29, 0.717) is 5.56 Å². The maximum Gasteiger partial charge on any atom is 0.254 e. The highest BCUT2D eigenvalue weighted by Crippen LogP contribution is 2.33. The minimum Gasteiger partial charge on any atom is -0.344 e. The summed E-state index contributed by atoms with van der Waals surface area (Å²) in [7, 11) is 0. The molecule has 110 valence electrons. The molecule has 2 aromatic rings. The average Bonchev–Trinajstić information content (AvgIpc) is 2.88. The van der Waals surface area contributed by atoms with Crippen LogP contribution in [0.2, 0.25) is 0 Å². The topological polar surface area (TPSA) is 67.8 Å². The maximum atomic E-state index is 12.3. The van der Waals surface area contributed by atoms with Crippen molar-refractivity contribution < 1.29 is 4.79 Å². The predicted molar refractivity (Wildman–Crippen MR) is 81.4 cm³/mol. The summed E-state index contributed by atoms with van der Waals surface area (Å²) in [6, 6.07) is 0.0112. The molecule has 2 aromatic heterocycles. The molecule has 1 atom stereocenters. The highest BCUT2D eigenvalue weighted by atomic mass is 32.1. The summed E-state index contributed by atoms with van der Waals surface area (Å²) in [4.78, 5) is 26.5. The van der Waals surface area contributed by atoms with Crippen LogP contribution in [0.15, 0.2) is 12.4 Å². The number of rotatable bonds is 3. The largest absolute Gasteiger partial charge is 0.344 e. The molecular formula is C15H18N4OS. The molecule has 1 amide bonds. The van der Waals surface area contributed by atoms with Gasteiger partial charge in [0.05, 0.1) is 22.3 Å². The molecule has 0 aromatic carbocycles. The number of fused-ring (bicyclic) bond motifs is 1. The number of aromatic nitrogens is 3. The van der Waals surface area contributed by atoms with Crippen molar-refractivity contribution in [3.63, 3.8) is 0 Å². The van der Waals surface area contributed by atoms with Gasteiger partial charge in [0.25, 0.3) is 5.91 Å². The van der Waals surface area contributed by atoms with E-state index in [9.17, 15) is 4.79 Å². The minimum atomic E-state index is -0.124. The van der Waals surface area contributed by atoms with Crippen LogP contribution in [-0.2, 0) is 12.8 Å². The first-order valence-electron chi connectivity index (χ1n) is 7.25. The summed E-state index contributed by atoms with van der Waals surface area (Å²) in [5, 5.41) is 4.13. The summed E-state index contributed by atoms with van der Waals surface area (Å²) in [5.74, 6) is 0.628. The van der Waals surface area contributed by atoms with Gasteiger partial charge in [0.1, 0.15) is 5.82 Å². The summed E-state index contributed by atoms with van der Waals surface area (Å²) in [5.41, 5.74) is 1.55. The second-order valence-corrected chi connectivity index (χ2v) is 6.49. The van der Waals surface area contributed by atoms with Crippen LogP contribution in [0.25, 0.3) is 0 Å². The van der Waals surface area contributed by atoms with Gasteiger partial charge in [-0.2, -0.15) is 0 Å². The normalized spacial score (nSPS) is 17.3. The van der Waals surface area contributed by atoms with Crippen molar-refractivity contribution in [1.82, 2.24) is 20.3 Å². The third-order valence-electron chi connectivity index (χ3n) is 3.65. The number of nitrogens with one attached hydrogen (secondary N) is 1. The van der Waals surface area contributed by atoms with Crippen molar-refractivity contribution in [2.24, 2.45) is 0 Å². The first-order chi connectivity index (χ1) is 10.2. The van der Waals surface area contributed by atoms with Gasteiger partial charge in [0, 0.05) is 23.7 Å². The van der Waals surface area contributed by atoms with Crippen molar-refractivity contribution in [1.29, 1.82) is 0 Å². The summed E-state index contributed by atoms with van der Waals surface area (Å²) in [6.45, 7) is 4.00. The lowest BCUT2D eigenvalue weighted by Gasteiger charge is -2.22. The molecule has 0 saturated carbocycles. The van der Waals surface area contributed by atoms with Gasteiger partial charge in [-0.3, -0.25) is 4.79 Å². The standard InChI is InChI=1S/C15H18N4OS/c1-3-13-16-7-10(8-17-13)15(20)19-11-5-4-6-12-14(11)18-9(2)21-12/h7-8,11H,3-6H2,1-2H3,(H,19,20). The first-order valence-corrected chi connectivity index (χ1v) is 8.07. The lowest BCUT2D eigenvalue weighted by Crippen LogP contribution is -2.31. The Hall–Kier alpha value is -1.82. The zero-order chi connectivity index (χ0) is 14.8. The molecule has 6 heteroatoms. The van der Waals surface area contributed by atoms with Gasteiger partial charge in [-0.25, -0.2) is 15.0 Å². The highest BCUT2D eigenvalue weighted by Gasteiger charge is 2.25. The van der Waals surface area contributed by atoms with E-state index in [1.54, 1.807) is 23.7 Å². The van der Waals surface area contributed by atoms with E-state index in [1.807, 2.05) is 13.8 Å². The number of carbonyl (C=O) groups excluding carboxylic acids is 1. The van der Waals surface area contributed by atoms with Gasteiger partial charge >= 0.3 is 0 Å². The summed E-state index contributed by atoms with van der Waals surface area (Å²) in [6.07, 6.45) is 7.06. The number of amides is 1. The predicted octanol–water partition coefficient (Wildman–Crippen LogP) is 2.61. The van der Waals surface area contributed by atoms with Crippen LogP contribution in [0.5, 0.6) is 0 Å².